The molecule has 3 unspecified atom stereocenters. The largest absolute Gasteiger partial charge is 0.377 e. The van der Waals surface area contributed by atoms with Crippen molar-refractivity contribution in [2.24, 2.45) is 5.92 Å². The Bertz CT molecular complexity index is 928. The lowest BCUT2D eigenvalue weighted by Gasteiger charge is -2.38. The summed E-state index contributed by atoms with van der Waals surface area (Å²) in [6.45, 7) is 1.74. The van der Waals surface area contributed by atoms with E-state index in [1.54, 1.807) is 0 Å². The van der Waals surface area contributed by atoms with Crippen molar-refractivity contribution in [2.45, 2.75) is 44.1 Å². The van der Waals surface area contributed by atoms with Crippen LogP contribution in [0.3, 0.4) is 0 Å². The first-order valence-electron chi connectivity index (χ1n) is 10.8. The van der Waals surface area contributed by atoms with E-state index in [-0.39, 0.29) is 11.9 Å². The highest BCUT2D eigenvalue weighted by atomic mass is 35.5. The number of anilines is 1. The zero-order chi connectivity index (χ0) is 19.8. The summed E-state index contributed by atoms with van der Waals surface area (Å²) in [5, 5.41) is 4.53. The Kier molecular flexibility index (Phi) is 5.09. The molecule has 1 aliphatic carbocycles. The predicted octanol–water partition coefficient (Wildman–Crippen LogP) is 6.18. The molecular formula is C25H27ClN2O. The predicted molar refractivity (Wildman–Crippen MR) is 119 cm³/mol. The van der Waals surface area contributed by atoms with E-state index in [9.17, 15) is 4.79 Å². The maximum atomic E-state index is 13.5. The van der Waals surface area contributed by atoms with E-state index in [0.717, 1.165) is 48.6 Å². The van der Waals surface area contributed by atoms with Gasteiger partial charge in [-0.15, -0.1) is 0 Å². The molecule has 2 aromatic carbocycles. The van der Waals surface area contributed by atoms with E-state index >= 15 is 0 Å². The summed E-state index contributed by atoms with van der Waals surface area (Å²) in [5.74, 6) is 0.988. The van der Waals surface area contributed by atoms with Crippen LogP contribution in [0.15, 0.2) is 54.6 Å². The summed E-state index contributed by atoms with van der Waals surface area (Å²) in [7, 11) is 0. The Labute approximate surface area is 177 Å². The number of allylic oxidation sites excluding steroid dienone is 2. The molecule has 2 aromatic rings. The molecule has 0 spiro atoms. The molecule has 1 amide bonds. The fourth-order valence-electron chi connectivity index (χ4n) is 5.24. The number of nitrogens with zero attached hydrogens (tertiary/aromatic N) is 1. The molecule has 4 heteroatoms. The fourth-order valence-corrected chi connectivity index (χ4v) is 5.37. The maximum absolute atomic E-state index is 13.5. The van der Waals surface area contributed by atoms with Crippen LogP contribution < -0.4 is 5.32 Å². The van der Waals surface area contributed by atoms with Crippen molar-refractivity contribution in [2.75, 3.05) is 18.4 Å². The SMILES string of the molecule is O=C(c1cccc2c1NC(c1ccc(Cl)cc1)C1CC=CC21)N1CCCCCC1. The molecule has 5 rings (SSSR count). The molecular weight excluding hydrogens is 380 g/mol. The lowest BCUT2D eigenvalue weighted by atomic mass is 9.76. The average molecular weight is 407 g/mol. The van der Waals surface area contributed by atoms with Gasteiger partial charge in [-0.2, -0.15) is 0 Å². The number of carbonyl (C=O) groups is 1. The second kappa shape index (κ2) is 7.87. The van der Waals surface area contributed by atoms with E-state index in [1.807, 2.05) is 18.2 Å². The minimum atomic E-state index is 0.173. The number of nitrogens with one attached hydrogen (secondary N) is 1. The van der Waals surface area contributed by atoms with E-state index in [1.165, 1.54) is 24.0 Å². The van der Waals surface area contributed by atoms with Gasteiger partial charge in [-0.25, -0.2) is 0 Å². The number of hydrogen-bond donors (Lipinski definition) is 1. The smallest absolute Gasteiger partial charge is 0.255 e. The third kappa shape index (κ3) is 3.46. The topological polar surface area (TPSA) is 32.3 Å². The summed E-state index contributed by atoms with van der Waals surface area (Å²) in [6, 6.07) is 14.6. The number of benzene rings is 2. The zero-order valence-corrected chi connectivity index (χ0v) is 17.4. The first-order valence-corrected chi connectivity index (χ1v) is 11.2. The van der Waals surface area contributed by atoms with Crippen molar-refractivity contribution in [3.63, 3.8) is 0 Å². The highest BCUT2D eigenvalue weighted by Gasteiger charge is 2.39. The highest BCUT2D eigenvalue weighted by molar-refractivity contribution is 6.30. The van der Waals surface area contributed by atoms with Crippen molar-refractivity contribution in [3.8, 4) is 0 Å². The number of para-hydroxylation sites is 1. The standard InChI is InChI=1S/C25H27ClN2O/c26-18-13-11-17(12-14-18)23-20-8-5-7-19(20)21-9-6-10-22(24(21)27-23)25(29)28-15-3-1-2-4-16-28/h5-7,9-14,19-20,23,27H,1-4,8,15-16H2. The molecule has 0 bridgehead atoms. The minimum absolute atomic E-state index is 0.173. The molecule has 3 aliphatic rings. The fraction of sp³-hybridized carbons (Fsp3) is 0.400. The van der Waals surface area contributed by atoms with Crippen molar-refractivity contribution >= 4 is 23.2 Å². The third-order valence-electron chi connectivity index (χ3n) is 6.75. The van der Waals surface area contributed by atoms with Crippen LogP contribution >= 0.6 is 11.6 Å². The molecule has 1 fully saturated rings. The molecule has 3 atom stereocenters. The van der Waals surface area contributed by atoms with Crippen LogP contribution in [0.2, 0.25) is 5.02 Å². The first kappa shape index (κ1) is 18.7. The summed E-state index contributed by atoms with van der Waals surface area (Å²) >= 11 is 6.13. The van der Waals surface area contributed by atoms with Gasteiger partial charge in [-0.3, -0.25) is 4.79 Å². The second-order valence-corrected chi connectivity index (χ2v) is 8.94. The van der Waals surface area contributed by atoms with Gasteiger partial charge >= 0.3 is 0 Å². The Balaban J connectivity index is 1.53. The summed E-state index contributed by atoms with van der Waals surface area (Å²) < 4.78 is 0. The van der Waals surface area contributed by atoms with Crippen molar-refractivity contribution in [1.82, 2.24) is 4.90 Å². The lowest BCUT2D eigenvalue weighted by molar-refractivity contribution is 0.0762. The molecule has 0 saturated carbocycles. The van der Waals surface area contributed by atoms with E-state index in [4.69, 9.17) is 11.6 Å². The van der Waals surface area contributed by atoms with Crippen LogP contribution in [-0.4, -0.2) is 23.9 Å². The van der Waals surface area contributed by atoms with Crippen LogP contribution in [0.5, 0.6) is 0 Å². The van der Waals surface area contributed by atoms with Crippen LogP contribution in [0.1, 0.15) is 65.5 Å². The third-order valence-corrected chi connectivity index (χ3v) is 7.00. The molecule has 29 heavy (non-hydrogen) atoms. The van der Waals surface area contributed by atoms with Gasteiger partial charge in [0.1, 0.15) is 0 Å². The number of amides is 1. The average Bonchev–Trinajstić information content (AvgIpc) is 3.08. The summed E-state index contributed by atoms with van der Waals surface area (Å²) in [6.07, 6.45) is 10.3. The quantitative estimate of drug-likeness (QED) is 0.603. The van der Waals surface area contributed by atoms with Gasteiger partial charge in [0.05, 0.1) is 17.3 Å². The van der Waals surface area contributed by atoms with Gasteiger partial charge in [0.25, 0.3) is 5.91 Å². The molecule has 1 N–H and O–H groups in total. The van der Waals surface area contributed by atoms with Gasteiger partial charge in [-0.1, -0.05) is 60.9 Å². The molecule has 2 heterocycles. The van der Waals surface area contributed by atoms with E-state index < -0.39 is 0 Å². The van der Waals surface area contributed by atoms with Gasteiger partial charge in [0.2, 0.25) is 0 Å². The number of rotatable bonds is 2. The highest BCUT2D eigenvalue weighted by Crippen LogP contribution is 2.50. The van der Waals surface area contributed by atoms with Crippen LogP contribution in [-0.2, 0) is 0 Å². The molecule has 0 radical (unpaired) electrons. The van der Waals surface area contributed by atoms with Crippen molar-refractivity contribution in [3.05, 3.63) is 76.3 Å². The lowest BCUT2D eigenvalue weighted by Crippen LogP contribution is -2.35. The Morgan fingerprint density at radius 2 is 1.76 bits per heavy atom. The number of hydrogen-bond acceptors (Lipinski definition) is 2. The van der Waals surface area contributed by atoms with Crippen LogP contribution in [0.4, 0.5) is 5.69 Å². The second-order valence-electron chi connectivity index (χ2n) is 8.50. The number of fused-ring (bicyclic) bond motifs is 3. The number of halogens is 1. The van der Waals surface area contributed by atoms with Gasteiger partial charge in [0, 0.05) is 24.0 Å². The number of likely N-dealkylation sites (tertiary alicyclic amines) is 1. The molecule has 2 aliphatic heterocycles. The Hall–Kier alpha value is -2.26. The van der Waals surface area contributed by atoms with Crippen molar-refractivity contribution in [1.29, 1.82) is 0 Å². The zero-order valence-electron chi connectivity index (χ0n) is 16.6. The first-order chi connectivity index (χ1) is 14.2. The van der Waals surface area contributed by atoms with E-state index in [0.29, 0.717) is 11.8 Å². The van der Waals surface area contributed by atoms with Crippen LogP contribution in [0, 0.1) is 5.92 Å². The molecule has 1 saturated heterocycles. The Morgan fingerprint density at radius 1 is 1.00 bits per heavy atom. The minimum Gasteiger partial charge on any atom is -0.377 e. The maximum Gasteiger partial charge on any atom is 0.255 e. The van der Waals surface area contributed by atoms with Gasteiger partial charge in [0.15, 0.2) is 0 Å². The van der Waals surface area contributed by atoms with E-state index in [2.05, 4.69) is 46.6 Å². The molecule has 0 aromatic heterocycles. The van der Waals surface area contributed by atoms with Gasteiger partial charge in [-0.05, 0) is 54.5 Å². The summed E-state index contributed by atoms with van der Waals surface area (Å²) in [4.78, 5) is 15.5. The molecule has 3 nitrogen and oxygen atoms in total. The van der Waals surface area contributed by atoms with Crippen LogP contribution in [0.25, 0.3) is 0 Å². The number of carbonyl (C=O) groups excluding carboxylic acids is 1. The monoisotopic (exact) mass is 406 g/mol. The normalized spacial score (nSPS) is 25.7. The molecule has 150 valence electrons. The van der Waals surface area contributed by atoms with Crippen molar-refractivity contribution < 1.29 is 4.79 Å². The summed E-state index contributed by atoms with van der Waals surface area (Å²) in [5.41, 5.74) is 4.34. The Morgan fingerprint density at radius 3 is 2.52 bits per heavy atom. The van der Waals surface area contributed by atoms with Gasteiger partial charge < -0.3 is 10.2 Å².